The third kappa shape index (κ3) is 2.51. The number of fused-ring (bicyclic) bond motifs is 2. The number of anilines is 1. The summed E-state index contributed by atoms with van der Waals surface area (Å²) in [4.78, 5) is 12.3. The van der Waals surface area contributed by atoms with E-state index in [9.17, 15) is 4.79 Å². The van der Waals surface area contributed by atoms with Crippen molar-refractivity contribution >= 4 is 11.9 Å². The predicted molar refractivity (Wildman–Crippen MR) is 83.8 cm³/mol. The minimum Gasteiger partial charge on any atom is -0.297 e. The molecule has 2 heterocycles. The number of nitrogens with one attached hydrogen (secondary N) is 1. The number of carbonyl (C=O) groups is 1. The van der Waals surface area contributed by atoms with Crippen molar-refractivity contribution in [1.29, 1.82) is 0 Å². The highest BCUT2D eigenvalue weighted by Gasteiger charge is 2.18. The fourth-order valence-electron chi connectivity index (χ4n) is 3.49. The van der Waals surface area contributed by atoms with Gasteiger partial charge in [0.15, 0.2) is 0 Å². The molecular weight excluding hydrogens is 276 g/mol. The van der Waals surface area contributed by atoms with E-state index in [2.05, 4.69) is 33.7 Å². The third-order valence-electron chi connectivity index (χ3n) is 4.64. The number of nitrogens with zero attached hydrogens (tertiary/aromatic N) is 3. The zero-order valence-corrected chi connectivity index (χ0v) is 12.6. The topological polar surface area (TPSA) is 59.8 Å². The molecule has 1 aliphatic heterocycles. The lowest BCUT2D eigenvalue weighted by molar-refractivity contribution is -0.115. The second kappa shape index (κ2) is 5.55. The maximum absolute atomic E-state index is 12.3. The first-order valence-electron chi connectivity index (χ1n) is 8.12. The van der Waals surface area contributed by atoms with Crippen molar-refractivity contribution in [3.63, 3.8) is 0 Å². The summed E-state index contributed by atoms with van der Waals surface area (Å²) < 4.78 is 2.03. The molecule has 0 atom stereocenters. The van der Waals surface area contributed by atoms with Crippen LogP contribution in [-0.4, -0.2) is 20.7 Å². The van der Waals surface area contributed by atoms with Gasteiger partial charge >= 0.3 is 0 Å². The van der Waals surface area contributed by atoms with Gasteiger partial charge in [0.1, 0.15) is 5.82 Å². The van der Waals surface area contributed by atoms with Crippen LogP contribution in [0, 0.1) is 0 Å². The molecule has 0 saturated heterocycles. The largest absolute Gasteiger partial charge is 0.297 e. The highest BCUT2D eigenvalue weighted by atomic mass is 16.1. The molecule has 2 aromatic rings. The fraction of sp³-hybridized carbons (Fsp3) is 0.471. The van der Waals surface area contributed by atoms with Crippen molar-refractivity contribution in [2.75, 3.05) is 5.32 Å². The van der Waals surface area contributed by atoms with E-state index in [0.29, 0.717) is 12.4 Å². The van der Waals surface area contributed by atoms with E-state index in [1.807, 2.05) is 4.57 Å². The van der Waals surface area contributed by atoms with Gasteiger partial charge in [0.2, 0.25) is 11.9 Å². The number of aryl methyl sites for hydroxylation is 3. The summed E-state index contributed by atoms with van der Waals surface area (Å²) >= 11 is 0. The summed E-state index contributed by atoms with van der Waals surface area (Å²) in [5, 5.41) is 11.2. The van der Waals surface area contributed by atoms with Crippen LogP contribution >= 0.6 is 0 Å². The smallest absolute Gasteiger partial charge is 0.231 e. The van der Waals surface area contributed by atoms with Gasteiger partial charge in [-0.2, -0.15) is 0 Å². The number of carbonyl (C=O) groups excluding carboxylic acids is 1. The lowest BCUT2D eigenvalue weighted by Gasteiger charge is -2.14. The number of hydrogen-bond acceptors (Lipinski definition) is 3. The summed E-state index contributed by atoms with van der Waals surface area (Å²) in [6, 6.07) is 6.42. The van der Waals surface area contributed by atoms with E-state index >= 15 is 0 Å². The first-order valence-corrected chi connectivity index (χ1v) is 8.12. The van der Waals surface area contributed by atoms with Gasteiger partial charge in [-0.15, -0.1) is 10.2 Å². The Morgan fingerprint density at radius 3 is 2.95 bits per heavy atom. The normalized spacial score (nSPS) is 16.2. The van der Waals surface area contributed by atoms with Crippen LogP contribution in [0.15, 0.2) is 18.2 Å². The molecule has 0 spiro atoms. The number of benzene rings is 1. The molecule has 1 aliphatic carbocycles. The SMILES string of the molecule is O=C(Cc1ccc2c(c1)CCC2)Nc1nnc2n1CCCC2. The zero-order valence-electron chi connectivity index (χ0n) is 12.6. The van der Waals surface area contributed by atoms with E-state index in [1.54, 1.807) is 0 Å². The molecule has 4 rings (SSSR count). The Morgan fingerprint density at radius 1 is 1.09 bits per heavy atom. The Labute approximate surface area is 129 Å². The molecule has 0 bridgehead atoms. The lowest BCUT2D eigenvalue weighted by Crippen LogP contribution is -2.20. The molecule has 22 heavy (non-hydrogen) atoms. The lowest BCUT2D eigenvalue weighted by atomic mass is 10.0. The molecule has 0 radical (unpaired) electrons. The van der Waals surface area contributed by atoms with Crippen LogP contribution in [-0.2, 0) is 37.0 Å². The Balaban J connectivity index is 1.45. The molecule has 0 unspecified atom stereocenters. The van der Waals surface area contributed by atoms with Crippen LogP contribution in [0.25, 0.3) is 0 Å². The molecule has 1 amide bonds. The number of amides is 1. The Hall–Kier alpha value is -2.17. The van der Waals surface area contributed by atoms with Crippen molar-refractivity contribution in [2.24, 2.45) is 0 Å². The molecule has 2 aliphatic rings. The second-order valence-corrected chi connectivity index (χ2v) is 6.23. The average Bonchev–Trinajstić information content (AvgIpc) is 3.14. The maximum Gasteiger partial charge on any atom is 0.231 e. The van der Waals surface area contributed by atoms with Gasteiger partial charge in [-0.05, 0) is 48.8 Å². The van der Waals surface area contributed by atoms with E-state index in [0.717, 1.165) is 43.6 Å². The number of aromatic nitrogens is 3. The Kier molecular flexibility index (Phi) is 3.41. The molecule has 114 valence electrons. The molecular formula is C17H20N4O. The summed E-state index contributed by atoms with van der Waals surface area (Å²) in [6.45, 7) is 0.900. The van der Waals surface area contributed by atoms with Gasteiger partial charge in [-0.25, -0.2) is 0 Å². The quantitative estimate of drug-likeness (QED) is 0.945. The highest BCUT2D eigenvalue weighted by molar-refractivity contribution is 5.90. The molecule has 0 saturated carbocycles. The minimum absolute atomic E-state index is 0.0151. The zero-order chi connectivity index (χ0) is 14.9. The molecule has 5 nitrogen and oxygen atoms in total. The summed E-state index contributed by atoms with van der Waals surface area (Å²) in [5.41, 5.74) is 3.93. The highest BCUT2D eigenvalue weighted by Crippen LogP contribution is 2.23. The maximum atomic E-state index is 12.3. The van der Waals surface area contributed by atoms with Crippen molar-refractivity contribution in [2.45, 2.75) is 51.5 Å². The average molecular weight is 296 g/mol. The van der Waals surface area contributed by atoms with Crippen molar-refractivity contribution < 1.29 is 4.79 Å². The fourth-order valence-corrected chi connectivity index (χ4v) is 3.49. The second-order valence-electron chi connectivity index (χ2n) is 6.23. The van der Waals surface area contributed by atoms with Crippen LogP contribution in [0.4, 0.5) is 5.95 Å². The van der Waals surface area contributed by atoms with Gasteiger partial charge in [0, 0.05) is 13.0 Å². The van der Waals surface area contributed by atoms with E-state index in [4.69, 9.17) is 0 Å². The van der Waals surface area contributed by atoms with E-state index in [-0.39, 0.29) is 5.91 Å². The standard InChI is InChI=1S/C17H20N4O/c22-16(11-12-7-8-13-4-3-5-14(13)10-12)18-17-20-19-15-6-1-2-9-21(15)17/h7-8,10H,1-6,9,11H2,(H,18,20,22). The Morgan fingerprint density at radius 2 is 2.00 bits per heavy atom. The molecule has 1 aromatic carbocycles. The van der Waals surface area contributed by atoms with Gasteiger partial charge in [0.05, 0.1) is 6.42 Å². The van der Waals surface area contributed by atoms with Crippen LogP contribution < -0.4 is 5.32 Å². The summed E-state index contributed by atoms with van der Waals surface area (Å²) in [7, 11) is 0. The van der Waals surface area contributed by atoms with Crippen LogP contribution in [0.1, 0.15) is 41.8 Å². The minimum atomic E-state index is -0.0151. The van der Waals surface area contributed by atoms with Gasteiger partial charge in [-0.3, -0.25) is 14.7 Å². The van der Waals surface area contributed by atoms with Gasteiger partial charge < -0.3 is 0 Å². The monoisotopic (exact) mass is 296 g/mol. The summed E-state index contributed by atoms with van der Waals surface area (Å²) in [6.07, 6.45) is 7.18. The van der Waals surface area contributed by atoms with Crippen LogP contribution in [0.2, 0.25) is 0 Å². The first-order chi connectivity index (χ1) is 10.8. The summed E-state index contributed by atoms with van der Waals surface area (Å²) in [5.74, 6) is 1.57. The number of hydrogen-bond donors (Lipinski definition) is 1. The Bertz CT molecular complexity index is 719. The van der Waals surface area contributed by atoms with E-state index < -0.39 is 0 Å². The van der Waals surface area contributed by atoms with Gasteiger partial charge in [-0.1, -0.05) is 18.2 Å². The molecule has 1 aromatic heterocycles. The third-order valence-corrected chi connectivity index (χ3v) is 4.64. The van der Waals surface area contributed by atoms with Crippen LogP contribution in [0.3, 0.4) is 0 Å². The first kappa shape index (κ1) is 13.5. The molecule has 0 fully saturated rings. The number of rotatable bonds is 3. The van der Waals surface area contributed by atoms with Crippen molar-refractivity contribution in [3.8, 4) is 0 Å². The van der Waals surface area contributed by atoms with Crippen molar-refractivity contribution in [1.82, 2.24) is 14.8 Å². The molecule has 1 N–H and O–H groups in total. The predicted octanol–water partition coefficient (Wildman–Crippen LogP) is 2.28. The van der Waals surface area contributed by atoms with Crippen LogP contribution in [0.5, 0.6) is 0 Å². The molecule has 5 heteroatoms. The van der Waals surface area contributed by atoms with E-state index in [1.165, 1.54) is 24.0 Å². The van der Waals surface area contributed by atoms with Crippen molar-refractivity contribution in [3.05, 3.63) is 40.7 Å². The van der Waals surface area contributed by atoms with Gasteiger partial charge in [0.25, 0.3) is 0 Å².